The molecule has 258 valence electrons. The second-order valence-electron chi connectivity index (χ2n) is 14.2. The highest BCUT2D eigenvalue weighted by molar-refractivity contribution is 7.25. The summed E-state index contributed by atoms with van der Waals surface area (Å²) in [6.07, 6.45) is 0. The van der Waals surface area contributed by atoms with Crippen molar-refractivity contribution < 1.29 is 0 Å². The van der Waals surface area contributed by atoms with Gasteiger partial charge in [-0.2, -0.15) is 0 Å². The molecular formula is C52H34N2S. The molecule has 0 saturated heterocycles. The van der Waals surface area contributed by atoms with Crippen LogP contribution in [0.25, 0.3) is 80.7 Å². The molecule has 0 unspecified atom stereocenters. The molecule has 2 heterocycles. The Bertz CT molecular complexity index is 3150. The molecule has 55 heavy (non-hydrogen) atoms. The summed E-state index contributed by atoms with van der Waals surface area (Å²) in [6, 6.07) is 75.2. The van der Waals surface area contributed by atoms with Gasteiger partial charge in [-0.3, -0.25) is 0 Å². The fourth-order valence-electron chi connectivity index (χ4n) is 8.30. The van der Waals surface area contributed by atoms with E-state index in [1.807, 2.05) is 11.3 Å². The minimum absolute atomic E-state index is 1.09. The molecule has 0 aliphatic rings. The third kappa shape index (κ3) is 5.40. The van der Waals surface area contributed by atoms with E-state index in [9.17, 15) is 0 Å². The molecule has 0 bridgehead atoms. The predicted molar refractivity (Wildman–Crippen MR) is 237 cm³/mol. The zero-order chi connectivity index (χ0) is 36.3. The molecule has 2 nitrogen and oxygen atoms in total. The largest absolute Gasteiger partial charge is 0.310 e. The van der Waals surface area contributed by atoms with Gasteiger partial charge in [0.25, 0.3) is 0 Å². The number of nitrogens with zero attached hydrogens (tertiary/aromatic N) is 2. The first-order valence-electron chi connectivity index (χ1n) is 18.7. The van der Waals surface area contributed by atoms with Gasteiger partial charge in [-0.15, -0.1) is 11.3 Å². The fraction of sp³-hybridized carbons (Fsp3) is 0. The molecule has 0 aliphatic heterocycles. The van der Waals surface area contributed by atoms with Gasteiger partial charge in [-0.05, 0) is 112 Å². The first kappa shape index (κ1) is 31.6. The van der Waals surface area contributed by atoms with E-state index in [1.54, 1.807) is 0 Å². The molecule has 0 N–H and O–H groups in total. The summed E-state index contributed by atoms with van der Waals surface area (Å²) >= 11 is 1.86. The minimum atomic E-state index is 1.09. The van der Waals surface area contributed by atoms with Gasteiger partial charge in [0, 0.05) is 53.7 Å². The van der Waals surface area contributed by atoms with E-state index in [0.717, 1.165) is 22.7 Å². The van der Waals surface area contributed by atoms with Crippen LogP contribution in [-0.4, -0.2) is 4.57 Å². The van der Waals surface area contributed by atoms with E-state index >= 15 is 0 Å². The summed E-state index contributed by atoms with van der Waals surface area (Å²) in [6.45, 7) is 0. The van der Waals surface area contributed by atoms with Crippen LogP contribution in [0.4, 0.5) is 17.1 Å². The van der Waals surface area contributed by atoms with Crippen LogP contribution in [0.2, 0.25) is 0 Å². The second-order valence-corrected chi connectivity index (χ2v) is 15.3. The normalized spacial score (nSPS) is 11.6. The highest BCUT2D eigenvalue weighted by atomic mass is 32.1. The zero-order valence-electron chi connectivity index (χ0n) is 29.9. The number of rotatable bonds is 6. The molecule has 0 amide bonds. The smallest absolute Gasteiger partial charge is 0.0541 e. The van der Waals surface area contributed by atoms with Crippen LogP contribution in [0.1, 0.15) is 0 Å². The highest BCUT2D eigenvalue weighted by Gasteiger charge is 2.17. The van der Waals surface area contributed by atoms with Gasteiger partial charge in [0.1, 0.15) is 0 Å². The maximum atomic E-state index is 2.39. The maximum Gasteiger partial charge on any atom is 0.0541 e. The third-order valence-corrected chi connectivity index (χ3v) is 12.1. The van der Waals surface area contributed by atoms with Gasteiger partial charge in [0.2, 0.25) is 0 Å². The van der Waals surface area contributed by atoms with E-state index < -0.39 is 0 Å². The predicted octanol–water partition coefficient (Wildman–Crippen LogP) is 15.1. The molecule has 2 aromatic heterocycles. The molecule has 0 fully saturated rings. The molecule has 9 aromatic carbocycles. The van der Waals surface area contributed by atoms with Gasteiger partial charge < -0.3 is 9.47 Å². The van der Waals surface area contributed by atoms with Crippen molar-refractivity contribution in [1.29, 1.82) is 0 Å². The molecule has 11 aromatic rings. The molecule has 0 radical (unpaired) electrons. The standard InChI is InChI=1S/C52H34N2S/c1-2-11-38-32-39(21-20-35(38)10-1)36-22-27-41(28-23-36)53(42-29-24-37(25-30-42)40-26-31-52-48(33-40)47-16-5-8-19-51(47)55-52)43-12-9-13-44(34-43)54-49-17-6-3-14-45(49)46-15-4-7-18-50(46)54/h1-34H. The van der Waals surface area contributed by atoms with Crippen molar-refractivity contribution in [3.8, 4) is 27.9 Å². The topological polar surface area (TPSA) is 8.17 Å². The summed E-state index contributed by atoms with van der Waals surface area (Å²) in [7, 11) is 0. The van der Waals surface area contributed by atoms with Gasteiger partial charge >= 0.3 is 0 Å². The Hall–Kier alpha value is -6.94. The van der Waals surface area contributed by atoms with Crippen molar-refractivity contribution in [2.24, 2.45) is 0 Å². The molecule has 0 atom stereocenters. The lowest BCUT2D eigenvalue weighted by Gasteiger charge is -2.26. The van der Waals surface area contributed by atoms with Gasteiger partial charge in [0.05, 0.1) is 11.0 Å². The fourth-order valence-corrected chi connectivity index (χ4v) is 9.39. The molecule has 0 saturated carbocycles. The Balaban J connectivity index is 1.03. The average Bonchev–Trinajstić information content (AvgIpc) is 3.80. The lowest BCUT2D eigenvalue weighted by molar-refractivity contribution is 1.17. The summed E-state index contributed by atoms with van der Waals surface area (Å²) in [4.78, 5) is 2.38. The Kier molecular flexibility index (Phi) is 7.39. The molecule has 11 rings (SSSR count). The number of hydrogen-bond acceptors (Lipinski definition) is 2. The second kappa shape index (κ2) is 12.9. The van der Waals surface area contributed by atoms with Crippen molar-refractivity contribution in [2.45, 2.75) is 0 Å². The van der Waals surface area contributed by atoms with E-state index in [1.165, 1.54) is 75.0 Å². The summed E-state index contributed by atoms with van der Waals surface area (Å²) in [5.74, 6) is 0. The minimum Gasteiger partial charge on any atom is -0.310 e. The lowest BCUT2D eigenvalue weighted by atomic mass is 10.0. The Labute approximate surface area is 323 Å². The highest BCUT2D eigenvalue weighted by Crippen LogP contribution is 2.41. The monoisotopic (exact) mass is 718 g/mol. The molecular weight excluding hydrogens is 685 g/mol. The van der Waals surface area contributed by atoms with Crippen LogP contribution in [0, 0.1) is 0 Å². The van der Waals surface area contributed by atoms with Crippen LogP contribution >= 0.6 is 11.3 Å². The van der Waals surface area contributed by atoms with Gasteiger partial charge in [-0.25, -0.2) is 0 Å². The van der Waals surface area contributed by atoms with E-state index in [-0.39, 0.29) is 0 Å². The Morgan fingerprint density at radius 3 is 1.58 bits per heavy atom. The first-order valence-corrected chi connectivity index (χ1v) is 19.6. The number of anilines is 3. The Morgan fingerprint density at radius 2 is 0.873 bits per heavy atom. The number of para-hydroxylation sites is 2. The van der Waals surface area contributed by atoms with Crippen LogP contribution in [0.5, 0.6) is 0 Å². The third-order valence-electron chi connectivity index (χ3n) is 11.0. The summed E-state index contributed by atoms with van der Waals surface area (Å²) < 4.78 is 5.04. The van der Waals surface area contributed by atoms with Crippen LogP contribution in [-0.2, 0) is 0 Å². The number of thiophene rings is 1. The number of fused-ring (bicyclic) bond motifs is 7. The summed E-state index contributed by atoms with van der Waals surface area (Å²) in [5, 5.41) is 7.66. The Morgan fingerprint density at radius 1 is 0.327 bits per heavy atom. The quantitative estimate of drug-likeness (QED) is 0.166. The van der Waals surface area contributed by atoms with E-state index in [0.29, 0.717) is 0 Å². The van der Waals surface area contributed by atoms with Gasteiger partial charge in [0.15, 0.2) is 0 Å². The maximum absolute atomic E-state index is 2.39. The van der Waals surface area contributed by atoms with Crippen molar-refractivity contribution in [1.82, 2.24) is 4.57 Å². The number of benzene rings is 9. The van der Waals surface area contributed by atoms with Gasteiger partial charge in [-0.1, -0.05) is 127 Å². The van der Waals surface area contributed by atoms with Crippen molar-refractivity contribution in [2.75, 3.05) is 4.90 Å². The SMILES string of the molecule is c1cc(N(c2ccc(-c3ccc4ccccc4c3)cc2)c2ccc(-c3ccc4sc5ccccc5c4c3)cc2)cc(-n2c3ccccc3c3ccccc32)c1. The molecule has 3 heteroatoms. The first-order chi connectivity index (χ1) is 27.2. The van der Waals surface area contributed by atoms with Crippen molar-refractivity contribution in [3.05, 3.63) is 206 Å². The lowest BCUT2D eigenvalue weighted by Crippen LogP contribution is -2.10. The van der Waals surface area contributed by atoms with E-state index in [2.05, 4.69) is 216 Å². The molecule has 0 spiro atoms. The van der Waals surface area contributed by atoms with E-state index in [4.69, 9.17) is 0 Å². The van der Waals surface area contributed by atoms with Crippen LogP contribution < -0.4 is 4.90 Å². The van der Waals surface area contributed by atoms with Crippen LogP contribution in [0.15, 0.2) is 206 Å². The average molecular weight is 719 g/mol. The molecule has 0 aliphatic carbocycles. The van der Waals surface area contributed by atoms with Crippen molar-refractivity contribution in [3.63, 3.8) is 0 Å². The summed E-state index contributed by atoms with van der Waals surface area (Å²) in [5.41, 5.74) is 11.7. The van der Waals surface area contributed by atoms with Crippen molar-refractivity contribution >= 4 is 81.1 Å². The zero-order valence-corrected chi connectivity index (χ0v) is 30.7. The number of aromatic nitrogens is 1. The number of hydrogen-bond donors (Lipinski definition) is 0. The van der Waals surface area contributed by atoms with Crippen LogP contribution in [0.3, 0.4) is 0 Å².